The van der Waals surface area contributed by atoms with Gasteiger partial charge in [-0.1, -0.05) is 12.1 Å². The lowest BCUT2D eigenvalue weighted by Crippen LogP contribution is -2.30. The van der Waals surface area contributed by atoms with Crippen molar-refractivity contribution in [3.05, 3.63) is 65.9 Å². The van der Waals surface area contributed by atoms with Crippen LogP contribution in [0.4, 0.5) is 30.6 Å². The molecule has 11 heteroatoms. The summed E-state index contributed by atoms with van der Waals surface area (Å²) < 4.78 is 46.6. The summed E-state index contributed by atoms with van der Waals surface area (Å²) in [7, 11) is 1.59. The van der Waals surface area contributed by atoms with Crippen LogP contribution in [0.1, 0.15) is 16.1 Å². The Labute approximate surface area is 188 Å². The Morgan fingerprint density at radius 2 is 1.76 bits per heavy atom. The number of carbonyl (C=O) groups excluding carboxylic acids is 1. The van der Waals surface area contributed by atoms with Gasteiger partial charge in [0.25, 0.3) is 5.91 Å². The number of nitrogens with zero attached hydrogens (tertiary/aromatic N) is 2. The number of para-hydroxylation sites is 1. The summed E-state index contributed by atoms with van der Waals surface area (Å²) in [4.78, 5) is 21.0. The molecule has 0 aliphatic rings. The maximum atomic E-state index is 12.5. The third-order valence-corrected chi connectivity index (χ3v) is 4.27. The summed E-state index contributed by atoms with van der Waals surface area (Å²) in [5.74, 6) is 0.380. The van der Waals surface area contributed by atoms with Gasteiger partial charge in [0.2, 0.25) is 5.95 Å². The number of hydrogen-bond acceptors (Lipinski definition) is 7. The Morgan fingerprint density at radius 1 is 1.03 bits per heavy atom. The Bertz CT molecular complexity index is 1090. The lowest BCUT2D eigenvalue weighted by molar-refractivity contribution is -0.274. The van der Waals surface area contributed by atoms with Crippen molar-refractivity contribution >= 4 is 23.4 Å². The molecule has 1 aromatic heterocycles. The zero-order valence-electron chi connectivity index (χ0n) is 17.9. The van der Waals surface area contributed by atoms with E-state index in [-0.39, 0.29) is 18.7 Å². The zero-order chi connectivity index (χ0) is 23.8. The first kappa shape index (κ1) is 23.6. The Morgan fingerprint density at radius 3 is 2.45 bits per heavy atom. The van der Waals surface area contributed by atoms with Crippen molar-refractivity contribution in [2.75, 3.05) is 30.8 Å². The van der Waals surface area contributed by atoms with Crippen LogP contribution >= 0.6 is 0 Å². The highest BCUT2D eigenvalue weighted by Crippen LogP contribution is 2.26. The molecule has 8 nitrogen and oxygen atoms in total. The molecule has 0 spiro atoms. The van der Waals surface area contributed by atoms with Crippen molar-refractivity contribution in [3.8, 4) is 11.5 Å². The van der Waals surface area contributed by atoms with E-state index in [1.54, 1.807) is 13.2 Å². The summed E-state index contributed by atoms with van der Waals surface area (Å²) in [5.41, 5.74) is 1.31. The second-order valence-electron chi connectivity index (χ2n) is 6.80. The van der Waals surface area contributed by atoms with Crippen molar-refractivity contribution in [2.24, 2.45) is 0 Å². The number of amides is 1. The number of methoxy groups -OCH3 is 1. The third kappa shape index (κ3) is 7.27. The van der Waals surface area contributed by atoms with Gasteiger partial charge in [-0.2, -0.15) is 4.98 Å². The summed E-state index contributed by atoms with van der Waals surface area (Å²) in [6.45, 7) is 2.18. The van der Waals surface area contributed by atoms with Crippen molar-refractivity contribution < 1.29 is 27.4 Å². The van der Waals surface area contributed by atoms with Gasteiger partial charge in [0.1, 0.15) is 17.3 Å². The number of halogens is 3. The van der Waals surface area contributed by atoms with Crippen LogP contribution < -0.4 is 25.4 Å². The topological polar surface area (TPSA) is 97.4 Å². The second-order valence-corrected chi connectivity index (χ2v) is 6.80. The molecule has 0 saturated heterocycles. The molecule has 0 unspecified atom stereocenters. The molecular weight excluding hydrogens is 439 g/mol. The molecule has 1 amide bonds. The number of carbonyl (C=O) groups is 1. The molecule has 1 heterocycles. The predicted molar refractivity (Wildman–Crippen MR) is 117 cm³/mol. The minimum atomic E-state index is -4.89. The molecule has 0 fully saturated rings. The number of aryl methyl sites for hydroxylation is 1. The summed E-state index contributed by atoms with van der Waals surface area (Å²) in [5, 5.41) is 8.69. The molecule has 0 aliphatic heterocycles. The van der Waals surface area contributed by atoms with Crippen LogP contribution in [0, 0.1) is 6.92 Å². The van der Waals surface area contributed by atoms with Crippen molar-refractivity contribution in [1.29, 1.82) is 0 Å². The molecule has 0 radical (unpaired) electrons. The number of benzene rings is 2. The van der Waals surface area contributed by atoms with E-state index in [9.17, 15) is 18.0 Å². The van der Waals surface area contributed by atoms with Crippen LogP contribution in [0.25, 0.3) is 0 Å². The second kappa shape index (κ2) is 10.5. The largest absolute Gasteiger partial charge is 0.573 e. The van der Waals surface area contributed by atoms with Gasteiger partial charge in [0, 0.05) is 30.5 Å². The lowest BCUT2D eigenvalue weighted by Gasteiger charge is -2.13. The highest BCUT2D eigenvalue weighted by atomic mass is 19.4. The van der Waals surface area contributed by atoms with E-state index in [0.29, 0.717) is 17.5 Å². The maximum absolute atomic E-state index is 12.5. The summed E-state index contributed by atoms with van der Waals surface area (Å²) >= 11 is 0. The van der Waals surface area contributed by atoms with Crippen LogP contribution in [-0.4, -0.2) is 42.4 Å². The van der Waals surface area contributed by atoms with E-state index in [1.807, 2.05) is 31.2 Å². The SMILES string of the molecule is COc1ccc(Nc2cc(C)nc(NCCNC(=O)c3ccccc3OC(F)(F)F)n2)cc1. The van der Waals surface area contributed by atoms with Gasteiger partial charge in [-0.15, -0.1) is 13.2 Å². The number of nitrogens with one attached hydrogen (secondary N) is 3. The van der Waals surface area contributed by atoms with E-state index in [0.717, 1.165) is 17.5 Å². The Balaban J connectivity index is 1.55. The van der Waals surface area contributed by atoms with E-state index in [4.69, 9.17) is 4.74 Å². The molecule has 0 atom stereocenters. The minimum absolute atomic E-state index is 0.123. The molecule has 3 N–H and O–H groups in total. The Hall–Kier alpha value is -4.02. The first-order chi connectivity index (χ1) is 15.7. The average molecular weight is 461 g/mol. The Kier molecular flexibility index (Phi) is 7.54. The fourth-order valence-electron chi connectivity index (χ4n) is 2.85. The lowest BCUT2D eigenvalue weighted by atomic mass is 10.2. The first-order valence-corrected chi connectivity index (χ1v) is 9.87. The molecule has 33 heavy (non-hydrogen) atoms. The predicted octanol–water partition coefficient (Wildman–Crippen LogP) is 4.28. The number of aromatic nitrogens is 2. The van der Waals surface area contributed by atoms with E-state index < -0.39 is 18.0 Å². The smallest absolute Gasteiger partial charge is 0.497 e. The number of rotatable bonds is 9. The fourth-order valence-corrected chi connectivity index (χ4v) is 2.85. The molecule has 174 valence electrons. The third-order valence-electron chi connectivity index (χ3n) is 4.27. The van der Waals surface area contributed by atoms with Gasteiger partial charge in [-0.25, -0.2) is 4.98 Å². The molecular formula is C22H22F3N5O3. The molecule has 0 saturated carbocycles. The van der Waals surface area contributed by atoms with E-state index in [2.05, 4.69) is 30.7 Å². The van der Waals surface area contributed by atoms with E-state index >= 15 is 0 Å². The van der Waals surface area contributed by atoms with Gasteiger partial charge in [-0.05, 0) is 43.3 Å². The van der Waals surface area contributed by atoms with Gasteiger partial charge >= 0.3 is 6.36 Å². The molecule has 0 bridgehead atoms. The number of anilines is 3. The molecule has 3 aromatic rings. The van der Waals surface area contributed by atoms with Crippen molar-refractivity contribution in [1.82, 2.24) is 15.3 Å². The van der Waals surface area contributed by atoms with Gasteiger partial charge in [0.05, 0.1) is 12.7 Å². The van der Waals surface area contributed by atoms with Crippen molar-refractivity contribution in [2.45, 2.75) is 13.3 Å². The van der Waals surface area contributed by atoms with E-state index in [1.165, 1.54) is 18.2 Å². The summed E-state index contributed by atoms with van der Waals surface area (Å²) in [6.07, 6.45) is -4.89. The maximum Gasteiger partial charge on any atom is 0.573 e. The van der Waals surface area contributed by atoms with Crippen LogP contribution in [0.5, 0.6) is 11.5 Å². The number of ether oxygens (including phenoxy) is 2. The van der Waals surface area contributed by atoms with Crippen LogP contribution in [0.2, 0.25) is 0 Å². The highest BCUT2D eigenvalue weighted by Gasteiger charge is 2.32. The number of alkyl halides is 3. The molecule has 0 aliphatic carbocycles. The van der Waals surface area contributed by atoms with Gasteiger partial charge in [0.15, 0.2) is 0 Å². The van der Waals surface area contributed by atoms with Crippen LogP contribution in [0.3, 0.4) is 0 Å². The van der Waals surface area contributed by atoms with Crippen LogP contribution in [-0.2, 0) is 0 Å². The monoisotopic (exact) mass is 461 g/mol. The normalized spacial score (nSPS) is 10.9. The standard InChI is InChI=1S/C22H22F3N5O3/c1-14-13-19(29-15-7-9-16(32-2)10-8-15)30-21(28-14)27-12-11-26-20(31)17-5-3-4-6-18(17)33-22(23,24)25/h3-10,13H,11-12H2,1-2H3,(H,26,31)(H2,27,28,29,30). The van der Waals surface area contributed by atoms with Gasteiger partial charge in [-0.3, -0.25) is 4.79 Å². The average Bonchev–Trinajstić information content (AvgIpc) is 2.76. The van der Waals surface area contributed by atoms with Crippen LogP contribution in [0.15, 0.2) is 54.6 Å². The first-order valence-electron chi connectivity index (χ1n) is 9.87. The highest BCUT2D eigenvalue weighted by molar-refractivity contribution is 5.96. The zero-order valence-corrected chi connectivity index (χ0v) is 17.9. The molecule has 3 rings (SSSR count). The minimum Gasteiger partial charge on any atom is -0.497 e. The fraction of sp³-hybridized carbons (Fsp3) is 0.227. The van der Waals surface area contributed by atoms with Crippen molar-refractivity contribution in [3.63, 3.8) is 0 Å². The quantitative estimate of drug-likeness (QED) is 0.409. The van der Waals surface area contributed by atoms with Gasteiger partial charge < -0.3 is 25.4 Å². The number of hydrogen-bond donors (Lipinski definition) is 3. The molecule has 2 aromatic carbocycles. The summed E-state index contributed by atoms with van der Waals surface area (Å²) in [6, 6.07) is 14.2.